The molecule has 2 rings (SSSR count). The molecular weight excluding hydrogens is 261 g/mol. The van der Waals surface area contributed by atoms with Gasteiger partial charge in [-0.3, -0.25) is 0 Å². The summed E-state index contributed by atoms with van der Waals surface area (Å²) in [5.41, 5.74) is 2.03. The fraction of sp³-hybridized carbons (Fsp3) is 0.684. The van der Waals surface area contributed by atoms with Gasteiger partial charge in [0.2, 0.25) is 0 Å². The SMILES string of the molecule is CCCNC(c1ccc(F)c(C)c1)C1CCCCC1CC. The molecular formula is C19H30FN. The maximum absolute atomic E-state index is 13.6. The minimum atomic E-state index is -0.0938. The normalized spacial score (nSPS) is 24.0. The average molecular weight is 291 g/mol. The van der Waals surface area contributed by atoms with Crippen LogP contribution in [0.25, 0.3) is 0 Å². The smallest absolute Gasteiger partial charge is 0.126 e. The van der Waals surface area contributed by atoms with Crippen LogP contribution in [0.1, 0.15) is 69.5 Å². The summed E-state index contributed by atoms with van der Waals surface area (Å²) in [4.78, 5) is 0. The molecule has 118 valence electrons. The van der Waals surface area contributed by atoms with Gasteiger partial charge in [-0.15, -0.1) is 0 Å². The monoisotopic (exact) mass is 291 g/mol. The van der Waals surface area contributed by atoms with Crippen LogP contribution in [0.2, 0.25) is 0 Å². The molecule has 1 fully saturated rings. The Kier molecular flexibility index (Phi) is 6.22. The van der Waals surface area contributed by atoms with E-state index in [-0.39, 0.29) is 5.82 Å². The molecule has 1 N–H and O–H groups in total. The van der Waals surface area contributed by atoms with Gasteiger partial charge in [0.25, 0.3) is 0 Å². The van der Waals surface area contributed by atoms with Crippen molar-refractivity contribution in [2.45, 2.75) is 65.3 Å². The van der Waals surface area contributed by atoms with Gasteiger partial charge in [-0.25, -0.2) is 4.39 Å². The lowest BCUT2D eigenvalue weighted by atomic mass is 9.72. The van der Waals surface area contributed by atoms with Crippen LogP contribution in [0.3, 0.4) is 0 Å². The standard InChI is InChI=1S/C19H30FN/c1-4-12-21-19(16-10-11-18(20)14(3)13-16)17-9-7-6-8-15(17)5-2/h10-11,13,15,17,19,21H,4-9,12H2,1-3H3. The van der Waals surface area contributed by atoms with Crippen molar-refractivity contribution in [1.29, 1.82) is 0 Å². The summed E-state index contributed by atoms with van der Waals surface area (Å²) in [5, 5.41) is 3.74. The maximum Gasteiger partial charge on any atom is 0.126 e. The van der Waals surface area contributed by atoms with Crippen molar-refractivity contribution in [2.24, 2.45) is 11.8 Å². The Bertz CT molecular complexity index is 443. The van der Waals surface area contributed by atoms with Crippen LogP contribution in [0, 0.1) is 24.6 Å². The number of hydrogen-bond acceptors (Lipinski definition) is 1. The first kappa shape index (κ1) is 16.5. The number of halogens is 1. The molecule has 0 aliphatic heterocycles. The number of rotatable bonds is 6. The molecule has 0 spiro atoms. The number of nitrogens with one attached hydrogen (secondary N) is 1. The van der Waals surface area contributed by atoms with Crippen LogP contribution in [0.5, 0.6) is 0 Å². The summed E-state index contributed by atoms with van der Waals surface area (Å²) in [6, 6.07) is 6.05. The molecule has 0 saturated heterocycles. The first-order valence-electron chi connectivity index (χ1n) is 8.66. The fourth-order valence-electron chi connectivity index (χ4n) is 3.86. The second kappa shape index (κ2) is 7.93. The van der Waals surface area contributed by atoms with Gasteiger partial charge in [-0.1, -0.05) is 51.7 Å². The fourth-order valence-corrected chi connectivity index (χ4v) is 3.86. The van der Waals surface area contributed by atoms with Gasteiger partial charge >= 0.3 is 0 Å². The van der Waals surface area contributed by atoms with Crippen molar-refractivity contribution in [1.82, 2.24) is 5.32 Å². The molecule has 0 aromatic heterocycles. The van der Waals surface area contributed by atoms with Crippen molar-refractivity contribution in [3.63, 3.8) is 0 Å². The molecule has 1 aliphatic carbocycles. The van der Waals surface area contributed by atoms with Crippen molar-refractivity contribution < 1.29 is 4.39 Å². The molecule has 1 saturated carbocycles. The zero-order valence-corrected chi connectivity index (χ0v) is 13.8. The average Bonchev–Trinajstić information content (AvgIpc) is 2.51. The third kappa shape index (κ3) is 4.06. The van der Waals surface area contributed by atoms with Gasteiger partial charge in [0, 0.05) is 6.04 Å². The van der Waals surface area contributed by atoms with Crippen LogP contribution < -0.4 is 5.32 Å². The van der Waals surface area contributed by atoms with Crippen molar-refractivity contribution >= 4 is 0 Å². The summed E-state index contributed by atoms with van der Waals surface area (Å²) < 4.78 is 13.6. The Balaban J connectivity index is 2.25. The van der Waals surface area contributed by atoms with E-state index in [0.29, 0.717) is 12.0 Å². The Hall–Kier alpha value is -0.890. The first-order chi connectivity index (χ1) is 10.2. The Labute approximate surface area is 129 Å². The lowest BCUT2D eigenvalue weighted by Gasteiger charge is -2.38. The highest BCUT2D eigenvalue weighted by molar-refractivity contribution is 5.27. The second-order valence-electron chi connectivity index (χ2n) is 6.56. The maximum atomic E-state index is 13.6. The third-order valence-electron chi connectivity index (χ3n) is 5.08. The molecule has 1 aromatic carbocycles. The van der Waals surface area contributed by atoms with Gasteiger partial charge in [0.15, 0.2) is 0 Å². The Morgan fingerprint density at radius 2 is 2.00 bits per heavy atom. The van der Waals surface area contributed by atoms with Crippen LogP contribution in [0.15, 0.2) is 18.2 Å². The highest BCUT2D eigenvalue weighted by atomic mass is 19.1. The molecule has 3 atom stereocenters. The van der Waals surface area contributed by atoms with Crippen LogP contribution in [0.4, 0.5) is 4.39 Å². The van der Waals surface area contributed by atoms with E-state index in [1.165, 1.54) is 37.7 Å². The lowest BCUT2D eigenvalue weighted by molar-refractivity contribution is 0.175. The molecule has 1 nitrogen and oxygen atoms in total. The lowest BCUT2D eigenvalue weighted by Crippen LogP contribution is -2.35. The van der Waals surface area contributed by atoms with E-state index in [4.69, 9.17) is 0 Å². The van der Waals surface area contributed by atoms with E-state index >= 15 is 0 Å². The van der Waals surface area contributed by atoms with Crippen molar-refractivity contribution in [3.05, 3.63) is 35.1 Å². The molecule has 21 heavy (non-hydrogen) atoms. The van der Waals surface area contributed by atoms with Crippen LogP contribution in [-0.4, -0.2) is 6.54 Å². The third-order valence-corrected chi connectivity index (χ3v) is 5.08. The Morgan fingerprint density at radius 3 is 2.67 bits per heavy atom. The molecule has 0 bridgehead atoms. The number of benzene rings is 1. The highest BCUT2D eigenvalue weighted by Gasteiger charge is 2.31. The van der Waals surface area contributed by atoms with Crippen molar-refractivity contribution in [3.8, 4) is 0 Å². The predicted octanol–water partition coefficient (Wildman–Crippen LogP) is 5.39. The molecule has 1 aliphatic rings. The zero-order chi connectivity index (χ0) is 15.2. The minimum absolute atomic E-state index is 0.0938. The van der Waals surface area contributed by atoms with Gasteiger partial charge in [0.05, 0.1) is 0 Å². The summed E-state index contributed by atoms with van der Waals surface area (Å²) in [6.07, 6.45) is 7.76. The van der Waals surface area contributed by atoms with Gasteiger partial charge < -0.3 is 5.32 Å². The summed E-state index contributed by atoms with van der Waals surface area (Å²) in [6.45, 7) is 7.43. The van der Waals surface area contributed by atoms with Gasteiger partial charge in [0.1, 0.15) is 5.82 Å². The quantitative estimate of drug-likeness (QED) is 0.741. The van der Waals surface area contributed by atoms with E-state index < -0.39 is 0 Å². The summed E-state index contributed by atoms with van der Waals surface area (Å²) >= 11 is 0. The summed E-state index contributed by atoms with van der Waals surface area (Å²) in [7, 11) is 0. The first-order valence-corrected chi connectivity index (χ1v) is 8.66. The topological polar surface area (TPSA) is 12.0 Å². The largest absolute Gasteiger partial charge is 0.310 e. The number of aryl methyl sites for hydroxylation is 1. The van der Waals surface area contributed by atoms with E-state index in [0.717, 1.165) is 24.4 Å². The summed E-state index contributed by atoms with van der Waals surface area (Å²) in [5.74, 6) is 1.40. The second-order valence-corrected chi connectivity index (χ2v) is 6.56. The van der Waals surface area contributed by atoms with E-state index in [9.17, 15) is 4.39 Å². The van der Waals surface area contributed by atoms with Crippen molar-refractivity contribution in [2.75, 3.05) is 6.54 Å². The molecule has 0 heterocycles. The van der Waals surface area contributed by atoms with Gasteiger partial charge in [-0.05, 0) is 55.3 Å². The molecule has 0 amide bonds. The van der Waals surface area contributed by atoms with E-state index in [2.05, 4.69) is 19.2 Å². The van der Waals surface area contributed by atoms with Gasteiger partial charge in [-0.2, -0.15) is 0 Å². The van der Waals surface area contributed by atoms with Crippen LogP contribution >= 0.6 is 0 Å². The molecule has 3 unspecified atom stereocenters. The van der Waals surface area contributed by atoms with Crippen LogP contribution in [-0.2, 0) is 0 Å². The van der Waals surface area contributed by atoms with E-state index in [1.807, 2.05) is 19.1 Å². The molecule has 1 aromatic rings. The highest BCUT2D eigenvalue weighted by Crippen LogP contribution is 2.40. The van der Waals surface area contributed by atoms with E-state index in [1.54, 1.807) is 6.07 Å². The minimum Gasteiger partial charge on any atom is -0.310 e. The zero-order valence-electron chi connectivity index (χ0n) is 13.8. The Morgan fingerprint density at radius 1 is 1.24 bits per heavy atom. The molecule has 0 radical (unpaired) electrons. The predicted molar refractivity (Wildman–Crippen MR) is 87.9 cm³/mol. The molecule has 2 heteroatoms. The number of hydrogen-bond donors (Lipinski definition) is 1.